The number of rotatable bonds is 4. The van der Waals surface area contributed by atoms with Gasteiger partial charge in [0.15, 0.2) is 0 Å². The molecule has 0 radical (unpaired) electrons. The SMILES string of the molecule is O=C(Nc1cccc(C(F)(F)F)c1)c1ccc(CN2CCOCC2)cc1. The monoisotopic (exact) mass is 364 g/mol. The highest BCUT2D eigenvalue weighted by molar-refractivity contribution is 6.04. The molecule has 0 saturated carbocycles. The number of ether oxygens (including phenoxy) is 1. The summed E-state index contributed by atoms with van der Waals surface area (Å²) >= 11 is 0. The number of morpholine rings is 1. The molecule has 1 fully saturated rings. The number of hydrogen-bond donors (Lipinski definition) is 1. The fourth-order valence-electron chi connectivity index (χ4n) is 2.76. The predicted molar refractivity (Wildman–Crippen MR) is 91.9 cm³/mol. The first-order valence-corrected chi connectivity index (χ1v) is 8.29. The maximum Gasteiger partial charge on any atom is 0.416 e. The van der Waals surface area contributed by atoms with Crippen LogP contribution in [0.4, 0.5) is 18.9 Å². The van der Waals surface area contributed by atoms with E-state index in [9.17, 15) is 18.0 Å². The number of anilines is 1. The number of carbonyl (C=O) groups is 1. The molecule has 7 heteroatoms. The van der Waals surface area contributed by atoms with E-state index in [0.29, 0.717) is 5.56 Å². The number of halogens is 3. The van der Waals surface area contributed by atoms with Crippen LogP contribution in [-0.4, -0.2) is 37.1 Å². The summed E-state index contributed by atoms with van der Waals surface area (Å²) in [4.78, 5) is 14.5. The Balaban J connectivity index is 1.63. The van der Waals surface area contributed by atoms with Gasteiger partial charge >= 0.3 is 6.18 Å². The van der Waals surface area contributed by atoms with Crippen LogP contribution >= 0.6 is 0 Å². The molecule has 3 rings (SSSR count). The van der Waals surface area contributed by atoms with Gasteiger partial charge in [-0.2, -0.15) is 13.2 Å². The number of carbonyl (C=O) groups excluding carboxylic acids is 1. The van der Waals surface area contributed by atoms with E-state index >= 15 is 0 Å². The normalized spacial score (nSPS) is 15.7. The van der Waals surface area contributed by atoms with Crippen LogP contribution in [0.15, 0.2) is 48.5 Å². The van der Waals surface area contributed by atoms with Crippen molar-refractivity contribution >= 4 is 11.6 Å². The van der Waals surface area contributed by atoms with Crippen molar-refractivity contribution < 1.29 is 22.7 Å². The van der Waals surface area contributed by atoms with Crippen molar-refractivity contribution in [2.75, 3.05) is 31.6 Å². The van der Waals surface area contributed by atoms with E-state index in [-0.39, 0.29) is 5.69 Å². The number of benzene rings is 2. The minimum Gasteiger partial charge on any atom is -0.379 e. The van der Waals surface area contributed by atoms with Crippen molar-refractivity contribution in [3.63, 3.8) is 0 Å². The molecular weight excluding hydrogens is 345 g/mol. The van der Waals surface area contributed by atoms with E-state index in [1.165, 1.54) is 12.1 Å². The van der Waals surface area contributed by atoms with Gasteiger partial charge in [0.25, 0.3) is 5.91 Å². The fraction of sp³-hybridized carbons (Fsp3) is 0.316. The number of amides is 1. The van der Waals surface area contributed by atoms with Crippen LogP contribution in [0.1, 0.15) is 21.5 Å². The molecule has 2 aromatic carbocycles. The van der Waals surface area contributed by atoms with Gasteiger partial charge in [0, 0.05) is 30.9 Å². The zero-order valence-electron chi connectivity index (χ0n) is 14.1. The highest BCUT2D eigenvalue weighted by atomic mass is 19.4. The summed E-state index contributed by atoms with van der Waals surface area (Å²) in [5.74, 6) is -0.442. The van der Waals surface area contributed by atoms with Gasteiger partial charge in [-0.3, -0.25) is 9.69 Å². The highest BCUT2D eigenvalue weighted by Gasteiger charge is 2.30. The van der Waals surface area contributed by atoms with Crippen molar-refractivity contribution in [2.45, 2.75) is 12.7 Å². The Morgan fingerprint density at radius 1 is 1.08 bits per heavy atom. The van der Waals surface area contributed by atoms with Crippen molar-refractivity contribution in [2.24, 2.45) is 0 Å². The van der Waals surface area contributed by atoms with E-state index in [1.54, 1.807) is 12.1 Å². The van der Waals surface area contributed by atoms with Gasteiger partial charge in [0.2, 0.25) is 0 Å². The quantitative estimate of drug-likeness (QED) is 0.898. The molecule has 1 heterocycles. The van der Waals surface area contributed by atoms with Crippen LogP contribution in [0.2, 0.25) is 0 Å². The van der Waals surface area contributed by atoms with E-state index in [4.69, 9.17) is 4.74 Å². The van der Waals surface area contributed by atoms with Crippen LogP contribution in [-0.2, 0) is 17.5 Å². The largest absolute Gasteiger partial charge is 0.416 e. The Bertz CT molecular complexity index is 754. The molecule has 1 aliphatic heterocycles. The molecule has 0 unspecified atom stereocenters. The summed E-state index contributed by atoms with van der Waals surface area (Å²) in [5, 5.41) is 2.51. The standard InChI is InChI=1S/C19H19F3N2O2/c20-19(21,22)16-2-1-3-17(12-16)23-18(25)15-6-4-14(5-7-15)13-24-8-10-26-11-9-24/h1-7,12H,8-11,13H2,(H,23,25). The zero-order valence-corrected chi connectivity index (χ0v) is 14.1. The van der Waals surface area contributed by atoms with Gasteiger partial charge in [-0.1, -0.05) is 18.2 Å². The minimum absolute atomic E-state index is 0.113. The molecule has 26 heavy (non-hydrogen) atoms. The lowest BCUT2D eigenvalue weighted by molar-refractivity contribution is -0.137. The summed E-state index contributed by atoms with van der Waals surface area (Å²) in [7, 11) is 0. The van der Waals surface area contributed by atoms with Crippen LogP contribution in [0.5, 0.6) is 0 Å². The Kier molecular flexibility index (Phi) is 5.58. The number of hydrogen-bond acceptors (Lipinski definition) is 3. The molecule has 4 nitrogen and oxygen atoms in total. The second-order valence-corrected chi connectivity index (χ2v) is 6.12. The van der Waals surface area contributed by atoms with Crippen molar-refractivity contribution in [3.8, 4) is 0 Å². The Hall–Kier alpha value is -2.38. The molecule has 2 aromatic rings. The molecule has 1 N–H and O–H groups in total. The zero-order chi connectivity index (χ0) is 18.6. The maximum absolute atomic E-state index is 12.7. The molecule has 0 aliphatic carbocycles. The molecule has 1 amide bonds. The van der Waals surface area contributed by atoms with Crippen molar-refractivity contribution in [3.05, 3.63) is 65.2 Å². The molecule has 0 bridgehead atoms. The topological polar surface area (TPSA) is 41.6 Å². The van der Waals surface area contributed by atoms with Crippen LogP contribution in [0, 0.1) is 0 Å². The molecule has 138 valence electrons. The molecular formula is C19H19F3N2O2. The van der Waals surface area contributed by atoms with Gasteiger partial charge in [-0.25, -0.2) is 0 Å². The molecule has 0 atom stereocenters. The summed E-state index contributed by atoms with van der Waals surface area (Å²) < 4.78 is 43.5. The lowest BCUT2D eigenvalue weighted by atomic mass is 10.1. The third-order valence-corrected chi connectivity index (χ3v) is 4.17. The lowest BCUT2D eigenvalue weighted by Gasteiger charge is -2.26. The Morgan fingerprint density at radius 2 is 1.77 bits per heavy atom. The van der Waals surface area contributed by atoms with Gasteiger partial charge < -0.3 is 10.1 Å². The Labute approximate surface area is 149 Å². The van der Waals surface area contributed by atoms with E-state index < -0.39 is 17.6 Å². The van der Waals surface area contributed by atoms with Crippen LogP contribution in [0.25, 0.3) is 0 Å². The van der Waals surface area contributed by atoms with Crippen LogP contribution in [0.3, 0.4) is 0 Å². The predicted octanol–water partition coefficient (Wildman–Crippen LogP) is 3.79. The summed E-state index contributed by atoms with van der Waals surface area (Å²) in [6.45, 7) is 3.96. The summed E-state index contributed by atoms with van der Waals surface area (Å²) in [6, 6.07) is 11.7. The highest BCUT2D eigenvalue weighted by Crippen LogP contribution is 2.30. The van der Waals surface area contributed by atoms with Gasteiger partial charge in [0.1, 0.15) is 0 Å². The van der Waals surface area contributed by atoms with E-state index in [1.807, 2.05) is 12.1 Å². The van der Waals surface area contributed by atoms with Crippen molar-refractivity contribution in [1.29, 1.82) is 0 Å². The molecule has 1 aliphatic rings. The van der Waals surface area contributed by atoms with Gasteiger partial charge in [-0.05, 0) is 35.9 Å². The maximum atomic E-state index is 12.7. The first-order valence-electron chi connectivity index (χ1n) is 8.29. The Morgan fingerprint density at radius 3 is 2.42 bits per heavy atom. The van der Waals surface area contributed by atoms with Crippen LogP contribution < -0.4 is 5.32 Å². The lowest BCUT2D eigenvalue weighted by Crippen LogP contribution is -2.35. The van der Waals surface area contributed by atoms with E-state index in [2.05, 4.69) is 10.2 Å². The smallest absolute Gasteiger partial charge is 0.379 e. The van der Waals surface area contributed by atoms with E-state index in [0.717, 1.165) is 50.5 Å². The average Bonchev–Trinajstić information content (AvgIpc) is 2.63. The molecule has 1 saturated heterocycles. The third kappa shape index (κ3) is 4.83. The first-order chi connectivity index (χ1) is 12.4. The minimum atomic E-state index is -4.44. The second kappa shape index (κ2) is 7.88. The number of alkyl halides is 3. The summed E-state index contributed by atoms with van der Waals surface area (Å²) in [5.41, 5.74) is 0.786. The van der Waals surface area contributed by atoms with Gasteiger partial charge in [-0.15, -0.1) is 0 Å². The molecule has 0 spiro atoms. The number of nitrogens with one attached hydrogen (secondary N) is 1. The first kappa shape index (κ1) is 18.4. The third-order valence-electron chi connectivity index (χ3n) is 4.17. The average molecular weight is 364 g/mol. The van der Waals surface area contributed by atoms with Crippen molar-refractivity contribution in [1.82, 2.24) is 4.90 Å². The molecule has 0 aromatic heterocycles. The second-order valence-electron chi connectivity index (χ2n) is 6.12. The number of nitrogens with zero attached hydrogens (tertiary/aromatic N) is 1. The summed E-state index contributed by atoms with van der Waals surface area (Å²) in [6.07, 6.45) is -4.44. The fourth-order valence-corrected chi connectivity index (χ4v) is 2.76. The van der Waals surface area contributed by atoms with Gasteiger partial charge in [0.05, 0.1) is 18.8 Å².